The lowest BCUT2D eigenvalue weighted by Crippen LogP contribution is -2.40. The number of ether oxygens (including phenoxy) is 1. The molecule has 6 nitrogen and oxygen atoms in total. The highest BCUT2D eigenvalue weighted by molar-refractivity contribution is 6.08. The summed E-state index contributed by atoms with van der Waals surface area (Å²) < 4.78 is 20.7. The Morgan fingerprint density at radius 2 is 1.77 bits per heavy atom. The zero-order valence-electron chi connectivity index (χ0n) is 17.3. The number of benzene rings is 1. The molecule has 2 aromatic rings. The number of hydrogen-bond acceptors (Lipinski definition) is 4. The summed E-state index contributed by atoms with van der Waals surface area (Å²) in [4.78, 5) is 29.4. The molecule has 3 heterocycles. The quantitative estimate of drug-likeness (QED) is 0.730. The minimum Gasteiger partial charge on any atom is -0.490 e. The van der Waals surface area contributed by atoms with Crippen LogP contribution in [-0.2, 0) is 7.05 Å². The number of Topliss-reactive ketones (excluding diaryl/α,β-unsaturated/α-hetero) is 1. The van der Waals surface area contributed by atoms with E-state index in [-0.39, 0.29) is 23.6 Å². The van der Waals surface area contributed by atoms with Crippen LogP contribution in [0, 0.1) is 5.82 Å². The van der Waals surface area contributed by atoms with Crippen molar-refractivity contribution in [1.82, 2.24) is 14.4 Å². The highest BCUT2D eigenvalue weighted by atomic mass is 19.1. The van der Waals surface area contributed by atoms with Crippen LogP contribution in [0.3, 0.4) is 0 Å². The van der Waals surface area contributed by atoms with Crippen LogP contribution in [0.1, 0.15) is 46.5 Å². The number of carbonyl (C=O) groups is 2. The van der Waals surface area contributed by atoms with Crippen molar-refractivity contribution >= 4 is 11.7 Å². The van der Waals surface area contributed by atoms with Gasteiger partial charge in [0.15, 0.2) is 5.78 Å². The van der Waals surface area contributed by atoms with Crippen LogP contribution in [0.25, 0.3) is 0 Å². The number of aryl methyl sites for hydroxylation is 1. The van der Waals surface area contributed by atoms with E-state index in [2.05, 4.69) is 4.90 Å². The van der Waals surface area contributed by atoms with Gasteiger partial charge in [0.05, 0.1) is 0 Å². The van der Waals surface area contributed by atoms with Gasteiger partial charge in [0.25, 0.3) is 5.91 Å². The summed E-state index contributed by atoms with van der Waals surface area (Å²) >= 11 is 0. The molecule has 0 unspecified atom stereocenters. The van der Waals surface area contributed by atoms with E-state index in [1.165, 1.54) is 12.1 Å². The summed E-state index contributed by atoms with van der Waals surface area (Å²) in [5.41, 5.74) is 1.06. The van der Waals surface area contributed by atoms with Crippen LogP contribution in [0.5, 0.6) is 5.75 Å². The Bertz CT molecular complexity index is 901. The van der Waals surface area contributed by atoms with Crippen LogP contribution >= 0.6 is 0 Å². The fraction of sp³-hybridized carbons (Fsp3) is 0.478. The summed E-state index contributed by atoms with van der Waals surface area (Å²) in [6.45, 7) is 3.95. The Labute approximate surface area is 176 Å². The first kappa shape index (κ1) is 20.6. The number of likely N-dealkylation sites (tertiary alicyclic amines) is 1. The predicted molar refractivity (Wildman–Crippen MR) is 111 cm³/mol. The molecule has 7 heteroatoms. The highest BCUT2D eigenvalue weighted by Gasteiger charge is 2.29. The van der Waals surface area contributed by atoms with Gasteiger partial charge in [0, 0.05) is 51.4 Å². The third-order valence-corrected chi connectivity index (χ3v) is 6.02. The molecule has 0 N–H and O–H groups in total. The largest absolute Gasteiger partial charge is 0.490 e. The summed E-state index contributed by atoms with van der Waals surface area (Å²) in [6, 6.07) is 7.92. The van der Waals surface area contributed by atoms with Crippen LogP contribution in [0.2, 0.25) is 0 Å². The number of carbonyl (C=O) groups excluding carboxylic acids is 2. The molecule has 1 saturated heterocycles. The maximum absolute atomic E-state index is 13.0. The zero-order chi connectivity index (χ0) is 21.1. The predicted octanol–water partition coefficient (Wildman–Crippen LogP) is 3.13. The van der Waals surface area contributed by atoms with Crippen LogP contribution in [0.4, 0.5) is 4.39 Å². The standard InChI is InChI=1S/C23H28FN3O3/c1-25-13-9-20-21(28)10-16-27(23(29)22(20)25)12-2-11-26-14-7-19(8-15-26)30-18-5-3-17(24)4-6-18/h3-6,9,13,19H,2,7-8,10-12,14-16H2,1H3. The molecule has 4 rings (SSSR count). The van der Waals surface area contributed by atoms with Gasteiger partial charge in [0.2, 0.25) is 0 Å². The average Bonchev–Trinajstić information content (AvgIpc) is 3.09. The molecule has 2 aliphatic heterocycles. The second-order valence-corrected chi connectivity index (χ2v) is 8.12. The highest BCUT2D eigenvalue weighted by Crippen LogP contribution is 2.21. The lowest BCUT2D eigenvalue weighted by molar-refractivity contribution is 0.0726. The van der Waals surface area contributed by atoms with Crippen molar-refractivity contribution < 1.29 is 18.7 Å². The zero-order valence-corrected chi connectivity index (χ0v) is 17.3. The van der Waals surface area contributed by atoms with Gasteiger partial charge in [-0.25, -0.2) is 4.39 Å². The molecule has 0 spiro atoms. The van der Waals surface area contributed by atoms with Crippen molar-refractivity contribution in [3.63, 3.8) is 0 Å². The van der Waals surface area contributed by atoms with Crippen molar-refractivity contribution in [2.45, 2.75) is 31.8 Å². The summed E-state index contributed by atoms with van der Waals surface area (Å²) in [6.07, 6.45) is 5.06. The van der Waals surface area contributed by atoms with Crippen LogP contribution in [-0.4, -0.2) is 64.9 Å². The van der Waals surface area contributed by atoms with Crippen molar-refractivity contribution in [2.75, 3.05) is 32.7 Å². The second-order valence-electron chi connectivity index (χ2n) is 8.12. The minimum absolute atomic E-state index is 0.0460. The molecule has 1 aromatic heterocycles. The third-order valence-electron chi connectivity index (χ3n) is 6.02. The van der Waals surface area contributed by atoms with Gasteiger partial charge >= 0.3 is 0 Å². The number of amides is 1. The molecule has 1 aromatic carbocycles. The fourth-order valence-corrected chi connectivity index (χ4v) is 4.30. The maximum atomic E-state index is 13.0. The smallest absolute Gasteiger partial charge is 0.271 e. The molecule has 1 fully saturated rings. The molecule has 30 heavy (non-hydrogen) atoms. The van der Waals surface area contributed by atoms with E-state index >= 15 is 0 Å². The van der Waals surface area contributed by atoms with Crippen LogP contribution in [0.15, 0.2) is 36.5 Å². The Hall–Kier alpha value is -2.67. The van der Waals surface area contributed by atoms with Crippen molar-refractivity contribution in [3.8, 4) is 5.75 Å². The minimum atomic E-state index is -0.257. The van der Waals surface area contributed by atoms with Gasteiger partial charge in [-0.05, 0) is 56.1 Å². The molecule has 0 saturated carbocycles. The van der Waals surface area contributed by atoms with Gasteiger partial charge < -0.3 is 19.1 Å². The lowest BCUT2D eigenvalue weighted by Gasteiger charge is -2.32. The first-order chi connectivity index (χ1) is 14.5. The topological polar surface area (TPSA) is 54.8 Å². The molecular weight excluding hydrogens is 385 g/mol. The molecule has 2 aliphatic rings. The molecule has 0 atom stereocenters. The number of fused-ring (bicyclic) bond motifs is 1. The molecule has 160 valence electrons. The average molecular weight is 413 g/mol. The molecule has 0 radical (unpaired) electrons. The van der Waals surface area contributed by atoms with E-state index in [0.29, 0.717) is 36.5 Å². The van der Waals surface area contributed by atoms with E-state index < -0.39 is 0 Å². The van der Waals surface area contributed by atoms with Crippen molar-refractivity contribution in [2.24, 2.45) is 7.05 Å². The van der Waals surface area contributed by atoms with E-state index in [1.54, 1.807) is 29.0 Å². The summed E-state index contributed by atoms with van der Waals surface area (Å²) in [7, 11) is 1.81. The number of piperidine rings is 1. The number of aromatic nitrogens is 1. The SMILES string of the molecule is Cn1ccc2c1C(=O)N(CCCN1CCC(Oc3ccc(F)cc3)CC1)CCC2=O. The Morgan fingerprint density at radius 3 is 2.50 bits per heavy atom. The molecule has 0 bridgehead atoms. The molecule has 1 amide bonds. The van der Waals surface area contributed by atoms with E-state index in [9.17, 15) is 14.0 Å². The summed E-state index contributed by atoms with van der Waals surface area (Å²) in [5.74, 6) is 0.455. The van der Waals surface area contributed by atoms with Crippen molar-refractivity contribution in [1.29, 1.82) is 0 Å². The van der Waals surface area contributed by atoms with Crippen molar-refractivity contribution in [3.05, 3.63) is 53.6 Å². The molecular formula is C23H28FN3O3. The normalized spacial score (nSPS) is 18.4. The summed E-state index contributed by atoms with van der Waals surface area (Å²) in [5, 5.41) is 0. The molecule has 0 aliphatic carbocycles. The Balaban J connectivity index is 1.23. The van der Waals surface area contributed by atoms with Crippen LogP contribution < -0.4 is 4.74 Å². The monoisotopic (exact) mass is 413 g/mol. The van der Waals surface area contributed by atoms with Gasteiger partial charge in [0.1, 0.15) is 23.4 Å². The third kappa shape index (κ3) is 4.56. The number of ketones is 1. The van der Waals surface area contributed by atoms with E-state index in [0.717, 1.165) is 38.9 Å². The fourth-order valence-electron chi connectivity index (χ4n) is 4.30. The van der Waals surface area contributed by atoms with Gasteiger partial charge in [-0.2, -0.15) is 0 Å². The van der Waals surface area contributed by atoms with E-state index in [1.807, 2.05) is 11.9 Å². The maximum Gasteiger partial charge on any atom is 0.271 e. The van der Waals surface area contributed by atoms with Gasteiger partial charge in [-0.1, -0.05) is 0 Å². The van der Waals surface area contributed by atoms with E-state index in [4.69, 9.17) is 4.74 Å². The van der Waals surface area contributed by atoms with Gasteiger partial charge in [-0.15, -0.1) is 0 Å². The number of rotatable bonds is 6. The van der Waals surface area contributed by atoms with Gasteiger partial charge in [-0.3, -0.25) is 9.59 Å². The second kappa shape index (κ2) is 9.00. The first-order valence-corrected chi connectivity index (χ1v) is 10.6. The number of halogens is 1. The first-order valence-electron chi connectivity index (χ1n) is 10.6. The lowest BCUT2D eigenvalue weighted by atomic mass is 10.1. The Morgan fingerprint density at radius 1 is 1.03 bits per heavy atom. The Kier molecular flexibility index (Phi) is 6.18. The number of hydrogen-bond donors (Lipinski definition) is 0. The number of nitrogens with zero attached hydrogens (tertiary/aromatic N) is 3.